The van der Waals surface area contributed by atoms with E-state index in [0.717, 1.165) is 11.3 Å². The van der Waals surface area contributed by atoms with Gasteiger partial charge in [0.1, 0.15) is 0 Å². The van der Waals surface area contributed by atoms with Crippen LogP contribution in [0.4, 0.5) is 11.4 Å². The molecule has 0 amide bonds. The highest BCUT2D eigenvalue weighted by molar-refractivity contribution is 6.10. The summed E-state index contributed by atoms with van der Waals surface area (Å²) in [7, 11) is 0. The molecule has 2 rings (SSSR count). The largest absolute Gasteiger partial charge is 0.399 e. The summed E-state index contributed by atoms with van der Waals surface area (Å²) < 4.78 is 0. The van der Waals surface area contributed by atoms with Crippen molar-refractivity contribution in [1.29, 1.82) is 0 Å². The van der Waals surface area contributed by atoms with Crippen LogP contribution in [0.25, 0.3) is 0 Å². The van der Waals surface area contributed by atoms with E-state index in [0.29, 0.717) is 17.1 Å². The summed E-state index contributed by atoms with van der Waals surface area (Å²) in [6.45, 7) is 1.84. The number of allylic oxidation sites excluding steroid dienone is 1. The zero-order valence-electron chi connectivity index (χ0n) is 9.59. The minimum absolute atomic E-state index is 0.486. The first-order valence-electron chi connectivity index (χ1n) is 5.34. The van der Waals surface area contributed by atoms with Crippen molar-refractivity contribution in [2.45, 2.75) is 13.0 Å². The van der Waals surface area contributed by atoms with Gasteiger partial charge in [-0.05, 0) is 48.9 Å². The van der Waals surface area contributed by atoms with Crippen molar-refractivity contribution >= 4 is 17.1 Å². The molecule has 5 N–H and O–H groups in total. The fraction of sp³-hybridized carbons (Fsp3) is 0.154. The third kappa shape index (κ3) is 2.54. The molecule has 0 aliphatic heterocycles. The van der Waals surface area contributed by atoms with Gasteiger partial charge in [-0.1, -0.05) is 0 Å². The van der Waals surface area contributed by atoms with Crippen LogP contribution < -0.4 is 11.5 Å². The monoisotopic (exact) mass is 229 g/mol. The molecule has 1 aliphatic rings. The molecule has 0 radical (unpaired) electrons. The Morgan fingerprint density at radius 1 is 1.18 bits per heavy atom. The Balaban J connectivity index is 2.34. The fourth-order valence-corrected chi connectivity index (χ4v) is 1.56. The number of anilines is 1. The quantitative estimate of drug-likeness (QED) is 0.638. The molecule has 0 aromatic heterocycles. The van der Waals surface area contributed by atoms with E-state index < -0.39 is 6.10 Å². The average molecular weight is 229 g/mol. The van der Waals surface area contributed by atoms with Crippen LogP contribution in [0.2, 0.25) is 0 Å². The molecule has 0 saturated heterocycles. The van der Waals surface area contributed by atoms with Gasteiger partial charge in [0.2, 0.25) is 0 Å². The maximum atomic E-state index is 9.57. The number of nitrogens with zero attached hydrogens (tertiary/aromatic N) is 1. The first-order valence-corrected chi connectivity index (χ1v) is 5.34. The van der Waals surface area contributed by atoms with Gasteiger partial charge in [0.05, 0.1) is 23.2 Å². The Labute approximate surface area is 100.0 Å². The first kappa shape index (κ1) is 11.4. The highest BCUT2D eigenvalue weighted by Gasteiger charge is 2.13. The van der Waals surface area contributed by atoms with Crippen LogP contribution in [0.1, 0.15) is 6.92 Å². The molecule has 0 heterocycles. The third-order valence-corrected chi connectivity index (χ3v) is 2.61. The van der Waals surface area contributed by atoms with Crippen LogP contribution >= 0.6 is 0 Å². The third-order valence-electron chi connectivity index (χ3n) is 2.61. The zero-order valence-corrected chi connectivity index (χ0v) is 9.59. The lowest BCUT2D eigenvalue weighted by Crippen LogP contribution is -2.20. The molecule has 1 aromatic carbocycles. The predicted octanol–water partition coefficient (Wildman–Crippen LogP) is 1.50. The molecule has 1 aliphatic carbocycles. The number of hydrogen-bond donors (Lipinski definition) is 3. The van der Waals surface area contributed by atoms with E-state index in [2.05, 4.69) is 4.99 Å². The zero-order chi connectivity index (χ0) is 12.4. The van der Waals surface area contributed by atoms with Crippen molar-refractivity contribution in [2.75, 3.05) is 5.73 Å². The molecular formula is C13H15N3O. The minimum Gasteiger partial charge on any atom is -0.399 e. The number of aliphatic hydroxyl groups is 1. The van der Waals surface area contributed by atoms with Crippen LogP contribution in [0.3, 0.4) is 0 Å². The maximum Gasteiger partial charge on any atom is 0.0956 e. The Morgan fingerprint density at radius 3 is 2.47 bits per heavy atom. The van der Waals surface area contributed by atoms with Crippen LogP contribution in [-0.4, -0.2) is 16.9 Å². The number of nitrogen functional groups attached to an aromatic ring is 1. The van der Waals surface area contributed by atoms with Crippen molar-refractivity contribution in [3.8, 4) is 0 Å². The van der Waals surface area contributed by atoms with E-state index in [9.17, 15) is 5.11 Å². The second-order valence-corrected chi connectivity index (χ2v) is 4.04. The summed E-state index contributed by atoms with van der Waals surface area (Å²) in [5, 5.41) is 9.57. The molecule has 0 saturated carbocycles. The van der Waals surface area contributed by atoms with Crippen LogP contribution in [0.5, 0.6) is 0 Å². The normalized spacial score (nSPS) is 22.2. The van der Waals surface area contributed by atoms with Gasteiger partial charge in [-0.2, -0.15) is 0 Å². The number of aliphatic imine (C=N–C) groups is 1. The average Bonchev–Trinajstić information content (AvgIpc) is 2.29. The molecule has 0 spiro atoms. The Hall–Kier alpha value is -2.07. The summed E-state index contributed by atoms with van der Waals surface area (Å²) >= 11 is 0. The van der Waals surface area contributed by atoms with Crippen molar-refractivity contribution in [1.82, 2.24) is 0 Å². The van der Waals surface area contributed by atoms with Crippen LogP contribution in [-0.2, 0) is 0 Å². The minimum atomic E-state index is -0.611. The lowest BCUT2D eigenvalue weighted by atomic mass is 10.0. The molecule has 4 heteroatoms. The molecule has 0 fully saturated rings. The number of hydrogen-bond acceptors (Lipinski definition) is 4. The van der Waals surface area contributed by atoms with E-state index >= 15 is 0 Å². The van der Waals surface area contributed by atoms with Gasteiger partial charge in [-0.15, -0.1) is 0 Å². The Morgan fingerprint density at radius 2 is 1.82 bits per heavy atom. The number of nitrogens with two attached hydrogens (primary N) is 2. The van der Waals surface area contributed by atoms with Crippen molar-refractivity contribution in [2.24, 2.45) is 10.7 Å². The SMILES string of the molecule is CC1=C/C(=N\c2ccc(N)cc2)C(N)=CC1O. The van der Waals surface area contributed by atoms with Gasteiger partial charge in [-0.25, -0.2) is 4.99 Å². The van der Waals surface area contributed by atoms with Gasteiger partial charge in [-0.3, -0.25) is 0 Å². The van der Waals surface area contributed by atoms with Crippen molar-refractivity contribution in [3.63, 3.8) is 0 Å². The number of benzene rings is 1. The summed E-state index contributed by atoms with van der Waals surface area (Å²) in [5.74, 6) is 0. The highest BCUT2D eigenvalue weighted by Crippen LogP contribution is 2.19. The lowest BCUT2D eigenvalue weighted by Gasteiger charge is -2.15. The molecule has 17 heavy (non-hydrogen) atoms. The van der Waals surface area contributed by atoms with Gasteiger partial charge >= 0.3 is 0 Å². The molecule has 4 nitrogen and oxygen atoms in total. The summed E-state index contributed by atoms with van der Waals surface area (Å²) in [6.07, 6.45) is 2.77. The second kappa shape index (κ2) is 4.43. The standard InChI is InChI=1S/C13H15N3O/c1-8-6-12(11(15)7-13(8)17)16-10-4-2-9(14)3-5-10/h2-7,13,17H,14-15H2,1H3/b16-12+. The predicted molar refractivity (Wildman–Crippen MR) is 70.0 cm³/mol. The van der Waals surface area contributed by atoms with Gasteiger partial charge < -0.3 is 16.6 Å². The number of aliphatic hydroxyl groups excluding tert-OH is 1. The molecule has 88 valence electrons. The Bertz CT molecular complexity index is 512. The second-order valence-electron chi connectivity index (χ2n) is 4.04. The molecular weight excluding hydrogens is 214 g/mol. The van der Waals surface area contributed by atoms with Crippen molar-refractivity contribution < 1.29 is 5.11 Å². The summed E-state index contributed by atoms with van der Waals surface area (Å²) in [4.78, 5) is 4.41. The summed E-state index contributed by atoms with van der Waals surface area (Å²) in [5.41, 5.74) is 14.9. The van der Waals surface area contributed by atoms with E-state index in [4.69, 9.17) is 11.5 Å². The summed E-state index contributed by atoms with van der Waals surface area (Å²) in [6, 6.07) is 7.22. The van der Waals surface area contributed by atoms with Crippen LogP contribution in [0, 0.1) is 0 Å². The molecule has 0 bridgehead atoms. The molecule has 1 aromatic rings. The fourth-order valence-electron chi connectivity index (χ4n) is 1.56. The lowest BCUT2D eigenvalue weighted by molar-refractivity contribution is 0.258. The van der Waals surface area contributed by atoms with Crippen LogP contribution in [0.15, 0.2) is 52.7 Å². The molecule has 1 atom stereocenters. The van der Waals surface area contributed by atoms with Gasteiger partial charge in [0.15, 0.2) is 0 Å². The molecule has 1 unspecified atom stereocenters. The van der Waals surface area contributed by atoms with Gasteiger partial charge in [0.25, 0.3) is 0 Å². The van der Waals surface area contributed by atoms with Gasteiger partial charge in [0, 0.05) is 5.69 Å². The van der Waals surface area contributed by atoms with E-state index in [-0.39, 0.29) is 0 Å². The van der Waals surface area contributed by atoms with E-state index in [1.54, 1.807) is 24.3 Å². The maximum absolute atomic E-state index is 9.57. The number of rotatable bonds is 1. The van der Waals surface area contributed by atoms with Crippen molar-refractivity contribution in [3.05, 3.63) is 47.7 Å². The highest BCUT2D eigenvalue weighted by atomic mass is 16.3. The first-order chi connectivity index (χ1) is 8.06. The van der Waals surface area contributed by atoms with E-state index in [1.165, 1.54) is 0 Å². The Kier molecular flexibility index (Phi) is 2.97. The van der Waals surface area contributed by atoms with E-state index in [1.807, 2.05) is 19.1 Å². The smallest absolute Gasteiger partial charge is 0.0956 e. The topological polar surface area (TPSA) is 84.6 Å².